The zero-order valence-corrected chi connectivity index (χ0v) is 12.6. The van der Waals surface area contributed by atoms with Crippen LogP contribution in [0.5, 0.6) is 0 Å². The zero-order chi connectivity index (χ0) is 13.9. The first kappa shape index (κ1) is 14.1. The Balaban J connectivity index is 1.86. The fourth-order valence-electron chi connectivity index (χ4n) is 1.50. The first-order valence-electron chi connectivity index (χ1n) is 6.23. The molecule has 0 unspecified atom stereocenters. The monoisotopic (exact) mass is 280 g/mol. The van der Waals surface area contributed by atoms with E-state index in [4.69, 9.17) is 4.42 Å². The van der Waals surface area contributed by atoms with Crippen molar-refractivity contribution < 1.29 is 4.42 Å². The quantitative estimate of drug-likeness (QED) is 0.853. The van der Waals surface area contributed by atoms with Crippen molar-refractivity contribution in [3.05, 3.63) is 30.0 Å². The van der Waals surface area contributed by atoms with Crippen LogP contribution in [0.25, 0.3) is 0 Å². The van der Waals surface area contributed by atoms with Crippen LogP contribution in [0.2, 0.25) is 0 Å². The van der Waals surface area contributed by atoms with Gasteiger partial charge in [-0.05, 0) is 32.9 Å². The summed E-state index contributed by atoms with van der Waals surface area (Å²) in [4.78, 5) is 4.17. The van der Waals surface area contributed by atoms with E-state index in [9.17, 15) is 0 Å². The molecule has 5 nitrogen and oxygen atoms in total. The lowest BCUT2D eigenvalue weighted by atomic mass is 10.1. The van der Waals surface area contributed by atoms with Gasteiger partial charge in [0, 0.05) is 12.6 Å². The Morgan fingerprint density at radius 1 is 1.32 bits per heavy atom. The minimum atomic E-state index is 0.0976. The summed E-state index contributed by atoms with van der Waals surface area (Å²) in [7, 11) is 1.89. The number of aromatic nitrogens is 3. The van der Waals surface area contributed by atoms with Gasteiger partial charge >= 0.3 is 0 Å². The molecule has 2 aromatic heterocycles. The Morgan fingerprint density at radius 3 is 2.68 bits per heavy atom. The molecule has 0 atom stereocenters. The van der Waals surface area contributed by atoms with Gasteiger partial charge in [-0.25, -0.2) is 9.67 Å². The third kappa shape index (κ3) is 4.40. The highest BCUT2D eigenvalue weighted by atomic mass is 32.2. The van der Waals surface area contributed by atoms with E-state index in [1.54, 1.807) is 22.8 Å². The van der Waals surface area contributed by atoms with Crippen LogP contribution in [0.3, 0.4) is 0 Å². The Bertz CT molecular complexity index is 527. The predicted octanol–water partition coefficient (Wildman–Crippen LogP) is 2.59. The number of hydrogen-bond acceptors (Lipinski definition) is 5. The van der Waals surface area contributed by atoms with E-state index in [1.807, 2.05) is 19.2 Å². The lowest BCUT2D eigenvalue weighted by Crippen LogP contribution is -2.34. The molecule has 0 aliphatic heterocycles. The van der Waals surface area contributed by atoms with Gasteiger partial charge in [0.05, 0.1) is 12.3 Å². The van der Waals surface area contributed by atoms with Crippen molar-refractivity contribution in [3.8, 4) is 0 Å². The molecule has 0 fully saturated rings. The summed E-state index contributed by atoms with van der Waals surface area (Å²) < 4.78 is 7.54. The van der Waals surface area contributed by atoms with Crippen molar-refractivity contribution in [2.75, 3.05) is 0 Å². The number of hydrogen-bond donors (Lipinski definition) is 1. The molecule has 2 heterocycles. The van der Waals surface area contributed by atoms with Gasteiger partial charge in [0.2, 0.25) is 0 Å². The summed E-state index contributed by atoms with van der Waals surface area (Å²) in [6, 6.07) is 4.04. The van der Waals surface area contributed by atoms with Crippen molar-refractivity contribution in [3.63, 3.8) is 0 Å². The molecule has 0 saturated carbocycles. The van der Waals surface area contributed by atoms with Crippen molar-refractivity contribution in [1.82, 2.24) is 20.1 Å². The largest absolute Gasteiger partial charge is 0.464 e. The molecule has 0 aromatic carbocycles. The fraction of sp³-hybridized carbons (Fsp3) is 0.538. The Hall–Kier alpha value is -1.27. The van der Waals surface area contributed by atoms with E-state index >= 15 is 0 Å². The van der Waals surface area contributed by atoms with E-state index in [1.165, 1.54) is 0 Å². The third-order valence-corrected chi connectivity index (χ3v) is 3.58. The number of nitrogens with zero attached hydrogens (tertiary/aromatic N) is 3. The Morgan fingerprint density at radius 2 is 2.05 bits per heavy atom. The highest BCUT2D eigenvalue weighted by Crippen LogP contribution is 2.21. The smallest absolute Gasteiger partial charge is 0.186 e. The third-order valence-electron chi connectivity index (χ3n) is 2.52. The number of furan rings is 1. The average Bonchev–Trinajstić information content (AvgIpc) is 2.92. The molecule has 0 aliphatic carbocycles. The maximum atomic E-state index is 5.78. The maximum absolute atomic E-state index is 5.78. The Labute approximate surface area is 117 Å². The summed E-state index contributed by atoms with van der Waals surface area (Å²) in [5.74, 6) is 2.68. The maximum Gasteiger partial charge on any atom is 0.186 e. The van der Waals surface area contributed by atoms with Gasteiger partial charge in [0.1, 0.15) is 17.8 Å². The standard InChI is InChI=1S/C13H20N4OS/c1-13(2,3)15-7-10-5-6-11(18-10)8-19-12-14-9-16-17(12)4/h5-6,9,15H,7-8H2,1-4H3. The van der Waals surface area contributed by atoms with Gasteiger partial charge < -0.3 is 9.73 Å². The van der Waals surface area contributed by atoms with Crippen LogP contribution in [-0.2, 0) is 19.3 Å². The highest BCUT2D eigenvalue weighted by Gasteiger charge is 2.11. The molecule has 19 heavy (non-hydrogen) atoms. The summed E-state index contributed by atoms with van der Waals surface area (Å²) in [6.07, 6.45) is 1.56. The molecule has 0 bridgehead atoms. The molecule has 2 rings (SSSR count). The molecule has 0 radical (unpaired) electrons. The van der Waals surface area contributed by atoms with Gasteiger partial charge in [-0.15, -0.1) is 0 Å². The number of thioether (sulfide) groups is 1. The first-order valence-corrected chi connectivity index (χ1v) is 7.22. The van der Waals surface area contributed by atoms with Crippen molar-refractivity contribution in [2.24, 2.45) is 7.05 Å². The van der Waals surface area contributed by atoms with E-state index in [0.717, 1.165) is 29.0 Å². The molecule has 0 amide bonds. The minimum absolute atomic E-state index is 0.0976. The van der Waals surface area contributed by atoms with Crippen LogP contribution in [0.4, 0.5) is 0 Å². The van der Waals surface area contributed by atoms with Gasteiger partial charge in [-0.2, -0.15) is 5.10 Å². The number of nitrogens with one attached hydrogen (secondary N) is 1. The van der Waals surface area contributed by atoms with Crippen molar-refractivity contribution >= 4 is 11.8 Å². The molecular formula is C13H20N4OS. The summed E-state index contributed by atoms with van der Waals surface area (Å²) >= 11 is 1.62. The van der Waals surface area contributed by atoms with Crippen LogP contribution in [-0.4, -0.2) is 20.3 Å². The lowest BCUT2D eigenvalue weighted by molar-refractivity contribution is 0.382. The molecule has 1 N–H and O–H groups in total. The molecule has 0 spiro atoms. The van der Waals surface area contributed by atoms with Crippen LogP contribution in [0.1, 0.15) is 32.3 Å². The summed E-state index contributed by atoms with van der Waals surface area (Å²) in [5, 5.41) is 8.33. The van der Waals surface area contributed by atoms with Crippen LogP contribution >= 0.6 is 11.8 Å². The normalized spacial score (nSPS) is 12.0. The van der Waals surface area contributed by atoms with Gasteiger partial charge in [0.25, 0.3) is 0 Å². The molecular weight excluding hydrogens is 260 g/mol. The fourth-order valence-corrected chi connectivity index (χ4v) is 2.28. The van der Waals surface area contributed by atoms with Crippen LogP contribution in [0.15, 0.2) is 28.0 Å². The van der Waals surface area contributed by atoms with E-state index in [2.05, 4.69) is 36.2 Å². The van der Waals surface area contributed by atoms with E-state index in [-0.39, 0.29) is 5.54 Å². The number of rotatable bonds is 5. The van der Waals surface area contributed by atoms with Gasteiger partial charge in [-0.1, -0.05) is 11.8 Å². The van der Waals surface area contributed by atoms with Gasteiger partial charge in [-0.3, -0.25) is 0 Å². The second-order valence-corrected chi connectivity index (χ2v) is 6.37. The van der Waals surface area contributed by atoms with E-state index in [0.29, 0.717) is 0 Å². The molecule has 6 heteroatoms. The van der Waals surface area contributed by atoms with Gasteiger partial charge in [0.15, 0.2) is 5.16 Å². The first-order chi connectivity index (χ1) is 8.94. The SMILES string of the molecule is Cn1ncnc1SCc1ccc(CNC(C)(C)C)o1. The van der Waals surface area contributed by atoms with Crippen LogP contribution in [0, 0.1) is 0 Å². The average molecular weight is 280 g/mol. The second-order valence-electron chi connectivity index (χ2n) is 5.43. The Kier molecular flexibility index (Phi) is 4.31. The van der Waals surface area contributed by atoms with Crippen LogP contribution < -0.4 is 5.32 Å². The number of aryl methyl sites for hydroxylation is 1. The highest BCUT2D eigenvalue weighted by molar-refractivity contribution is 7.98. The van der Waals surface area contributed by atoms with Crippen molar-refractivity contribution in [1.29, 1.82) is 0 Å². The summed E-state index contributed by atoms with van der Waals surface area (Å²) in [5.41, 5.74) is 0.0976. The predicted molar refractivity (Wildman–Crippen MR) is 75.9 cm³/mol. The topological polar surface area (TPSA) is 55.9 Å². The molecule has 2 aromatic rings. The summed E-state index contributed by atoms with van der Waals surface area (Å²) in [6.45, 7) is 7.17. The van der Waals surface area contributed by atoms with E-state index < -0.39 is 0 Å². The molecule has 0 saturated heterocycles. The lowest BCUT2D eigenvalue weighted by Gasteiger charge is -2.19. The second kappa shape index (κ2) is 5.79. The zero-order valence-electron chi connectivity index (χ0n) is 11.8. The molecule has 104 valence electrons. The molecule has 0 aliphatic rings. The van der Waals surface area contributed by atoms with Crippen molar-refractivity contribution in [2.45, 2.75) is 43.8 Å². The minimum Gasteiger partial charge on any atom is -0.464 e.